The van der Waals surface area contributed by atoms with Crippen LogP contribution in [0.25, 0.3) is 0 Å². The molecule has 1 atom stereocenters. The van der Waals surface area contributed by atoms with E-state index in [9.17, 15) is 5.11 Å². The molecule has 0 aromatic heterocycles. The van der Waals surface area contributed by atoms with Gasteiger partial charge in [0.05, 0.1) is 19.8 Å². The molecule has 0 fully saturated rings. The molecule has 0 spiro atoms. The Kier molecular flexibility index (Phi) is 6.49. The first kappa shape index (κ1) is 17.8. The minimum Gasteiger partial charge on any atom is -0.497 e. The monoisotopic (exact) mass is 295 g/mol. The van der Waals surface area contributed by atoms with Crippen LogP contribution >= 0.6 is 0 Å². The maximum Gasteiger partial charge on any atom is 0.123 e. The van der Waals surface area contributed by atoms with Crippen LogP contribution in [0.1, 0.15) is 40.2 Å². The van der Waals surface area contributed by atoms with Crippen molar-refractivity contribution in [3.05, 3.63) is 23.8 Å². The number of rotatable bonds is 7. The summed E-state index contributed by atoms with van der Waals surface area (Å²) >= 11 is 0. The molecule has 120 valence electrons. The van der Waals surface area contributed by atoms with Crippen LogP contribution < -0.4 is 14.8 Å². The third-order valence-corrected chi connectivity index (χ3v) is 3.22. The van der Waals surface area contributed by atoms with Gasteiger partial charge in [0.2, 0.25) is 0 Å². The van der Waals surface area contributed by atoms with Gasteiger partial charge in [0, 0.05) is 11.6 Å². The SMILES string of the molecule is COc1ccc(OCC(CO)NC(C)C)c(C(C)(C)C)c1. The number of benzene rings is 1. The lowest BCUT2D eigenvalue weighted by Crippen LogP contribution is -2.41. The molecule has 0 aliphatic heterocycles. The van der Waals surface area contributed by atoms with Crippen molar-refractivity contribution < 1.29 is 14.6 Å². The molecule has 0 radical (unpaired) electrons. The van der Waals surface area contributed by atoms with E-state index < -0.39 is 0 Å². The van der Waals surface area contributed by atoms with Crippen LogP contribution in [0.5, 0.6) is 11.5 Å². The molecule has 0 amide bonds. The first-order chi connectivity index (χ1) is 9.77. The van der Waals surface area contributed by atoms with Gasteiger partial charge in [0.15, 0.2) is 0 Å². The van der Waals surface area contributed by atoms with Gasteiger partial charge in [-0.2, -0.15) is 0 Å². The highest BCUT2D eigenvalue weighted by Crippen LogP contribution is 2.34. The Bertz CT molecular complexity index is 438. The Labute approximate surface area is 128 Å². The van der Waals surface area contributed by atoms with Crippen molar-refractivity contribution in [3.8, 4) is 11.5 Å². The van der Waals surface area contributed by atoms with Crippen molar-refractivity contribution in [2.45, 2.75) is 52.1 Å². The summed E-state index contributed by atoms with van der Waals surface area (Å²) in [7, 11) is 1.66. The number of ether oxygens (including phenoxy) is 2. The molecule has 0 aliphatic rings. The van der Waals surface area contributed by atoms with Crippen LogP contribution in [-0.4, -0.2) is 37.5 Å². The number of aliphatic hydroxyl groups is 1. The van der Waals surface area contributed by atoms with Gasteiger partial charge in [-0.25, -0.2) is 0 Å². The number of hydrogen-bond donors (Lipinski definition) is 2. The van der Waals surface area contributed by atoms with Crippen molar-refractivity contribution >= 4 is 0 Å². The molecule has 0 saturated carbocycles. The van der Waals surface area contributed by atoms with E-state index in [1.807, 2.05) is 18.2 Å². The van der Waals surface area contributed by atoms with E-state index in [4.69, 9.17) is 9.47 Å². The standard InChI is InChI=1S/C17H29NO3/c1-12(2)18-13(10-19)11-21-16-8-7-14(20-6)9-15(16)17(3,4)5/h7-9,12-13,18-19H,10-11H2,1-6H3. The van der Waals surface area contributed by atoms with E-state index in [1.165, 1.54) is 0 Å². The lowest BCUT2D eigenvalue weighted by molar-refractivity contribution is 0.175. The summed E-state index contributed by atoms with van der Waals surface area (Å²) in [6.45, 7) is 11.0. The Balaban J connectivity index is 2.87. The Morgan fingerprint density at radius 2 is 1.90 bits per heavy atom. The molecule has 0 bridgehead atoms. The largest absolute Gasteiger partial charge is 0.497 e. The number of nitrogens with one attached hydrogen (secondary N) is 1. The van der Waals surface area contributed by atoms with Crippen LogP contribution in [0.15, 0.2) is 18.2 Å². The summed E-state index contributed by atoms with van der Waals surface area (Å²) in [6, 6.07) is 6.08. The maximum atomic E-state index is 9.40. The smallest absolute Gasteiger partial charge is 0.123 e. The lowest BCUT2D eigenvalue weighted by Gasteiger charge is -2.25. The van der Waals surface area contributed by atoms with Crippen molar-refractivity contribution in [3.63, 3.8) is 0 Å². The average molecular weight is 295 g/mol. The van der Waals surface area contributed by atoms with Crippen molar-refractivity contribution in [2.24, 2.45) is 0 Å². The highest BCUT2D eigenvalue weighted by Gasteiger charge is 2.21. The van der Waals surface area contributed by atoms with E-state index in [-0.39, 0.29) is 18.1 Å². The molecule has 1 unspecified atom stereocenters. The molecule has 0 aliphatic carbocycles. The van der Waals surface area contributed by atoms with Crippen LogP contribution in [0.4, 0.5) is 0 Å². The topological polar surface area (TPSA) is 50.7 Å². The normalized spacial score (nSPS) is 13.3. The van der Waals surface area contributed by atoms with Crippen molar-refractivity contribution in [1.82, 2.24) is 5.32 Å². The maximum absolute atomic E-state index is 9.40. The van der Waals surface area contributed by atoms with E-state index in [0.717, 1.165) is 17.1 Å². The molecule has 21 heavy (non-hydrogen) atoms. The molecule has 1 aromatic rings. The molecule has 0 saturated heterocycles. The molecule has 4 nitrogen and oxygen atoms in total. The number of aliphatic hydroxyl groups excluding tert-OH is 1. The highest BCUT2D eigenvalue weighted by molar-refractivity contribution is 5.44. The summed E-state index contributed by atoms with van der Waals surface area (Å²) in [6.07, 6.45) is 0. The van der Waals surface area contributed by atoms with Crippen LogP contribution in [0, 0.1) is 0 Å². The summed E-state index contributed by atoms with van der Waals surface area (Å²) in [5.41, 5.74) is 1.06. The van der Waals surface area contributed by atoms with E-state index in [0.29, 0.717) is 12.6 Å². The van der Waals surface area contributed by atoms with Gasteiger partial charge in [-0.15, -0.1) is 0 Å². The molecule has 1 aromatic carbocycles. The molecule has 1 rings (SSSR count). The molecular weight excluding hydrogens is 266 g/mol. The van der Waals surface area contributed by atoms with Crippen molar-refractivity contribution in [2.75, 3.05) is 20.3 Å². The second kappa shape index (κ2) is 7.66. The number of methoxy groups -OCH3 is 1. The summed E-state index contributed by atoms with van der Waals surface area (Å²) in [5.74, 6) is 1.67. The van der Waals surface area contributed by atoms with E-state index in [2.05, 4.69) is 39.9 Å². The molecule has 0 heterocycles. The van der Waals surface area contributed by atoms with Crippen LogP contribution in [0.2, 0.25) is 0 Å². The summed E-state index contributed by atoms with van der Waals surface area (Å²) in [5, 5.41) is 12.7. The Morgan fingerprint density at radius 1 is 1.24 bits per heavy atom. The minimum atomic E-state index is -0.0695. The fourth-order valence-corrected chi connectivity index (χ4v) is 2.16. The van der Waals surface area contributed by atoms with E-state index >= 15 is 0 Å². The second-order valence-corrected chi connectivity index (χ2v) is 6.62. The van der Waals surface area contributed by atoms with Gasteiger partial charge in [-0.3, -0.25) is 0 Å². The van der Waals surface area contributed by atoms with Gasteiger partial charge in [-0.1, -0.05) is 34.6 Å². The van der Waals surface area contributed by atoms with Gasteiger partial charge in [0.1, 0.15) is 18.1 Å². The number of hydrogen-bond acceptors (Lipinski definition) is 4. The van der Waals surface area contributed by atoms with Gasteiger partial charge < -0.3 is 19.9 Å². The zero-order chi connectivity index (χ0) is 16.0. The van der Waals surface area contributed by atoms with E-state index in [1.54, 1.807) is 7.11 Å². The second-order valence-electron chi connectivity index (χ2n) is 6.62. The summed E-state index contributed by atoms with van der Waals surface area (Å²) < 4.78 is 11.2. The molecular formula is C17H29NO3. The van der Waals surface area contributed by atoms with Crippen molar-refractivity contribution in [1.29, 1.82) is 0 Å². The van der Waals surface area contributed by atoms with Gasteiger partial charge in [0.25, 0.3) is 0 Å². The molecule has 4 heteroatoms. The minimum absolute atomic E-state index is 0.0376. The van der Waals surface area contributed by atoms with Gasteiger partial charge >= 0.3 is 0 Å². The quantitative estimate of drug-likeness (QED) is 0.812. The zero-order valence-electron chi connectivity index (χ0n) is 14.1. The third-order valence-electron chi connectivity index (χ3n) is 3.22. The predicted molar refractivity (Wildman–Crippen MR) is 86.3 cm³/mol. The first-order valence-corrected chi connectivity index (χ1v) is 7.46. The Morgan fingerprint density at radius 3 is 2.38 bits per heavy atom. The lowest BCUT2D eigenvalue weighted by atomic mass is 9.86. The zero-order valence-corrected chi connectivity index (χ0v) is 14.1. The predicted octanol–water partition coefficient (Wildman–Crippen LogP) is 2.73. The third kappa shape index (κ3) is 5.56. The average Bonchev–Trinajstić information content (AvgIpc) is 2.41. The molecule has 2 N–H and O–H groups in total. The first-order valence-electron chi connectivity index (χ1n) is 7.46. The fourth-order valence-electron chi connectivity index (χ4n) is 2.16. The van der Waals surface area contributed by atoms with Crippen LogP contribution in [0.3, 0.4) is 0 Å². The highest BCUT2D eigenvalue weighted by atomic mass is 16.5. The fraction of sp³-hybridized carbons (Fsp3) is 0.647. The Hall–Kier alpha value is -1.26. The summed E-state index contributed by atoms with van der Waals surface area (Å²) in [4.78, 5) is 0. The van der Waals surface area contributed by atoms with Gasteiger partial charge in [-0.05, 0) is 23.6 Å². The van der Waals surface area contributed by atoms with Crippen LogP contribution in [-0.2, 0) is 5.41 Å².